The molecule has 1 heterocycles. The van der Waals surface area contributed by atoms with Crippen LogP contribution in [0.1, 0.15) is 15.2 Å². The van der Waals surface area contributed by atoms with E-state index in [4.69, 9.17) is 5.26 Å². The van der Waals surface area contributed by atoms with Gasteiger partial charge in [-0.1, -0.05) is 6.07 Å². The fourth-order valence-electron chi connectivity index (χ4n) is 1.23. The van der Waals surface area contributed by atoms with Crippen LogP contribution in [-0.4, -0.2) is 6.29 Å². The number of nitrogens with zero attached hydrogens (tertiary/aromatic N) is 1. The van der Waals surface area contributed by atoms with E-state index >= 15 is 0 Å². The number of carbonyl (C=O) groups excluding carboxylic acids is 1. The molecular weight excluding hydrogens is 262 g/mol. The number of halogens is 1. The third-order valence-corrected chi connectivity index (χ3v) is 4.08. The van der Waals surface area contributed by atoms with Crippen LogP contribution < -0.4 is 0 Å². The van der Waals surface area contributed by atoms with Crippen LogP contribution in [-0.2, 0) is 0 Å². The molecule has 2 rings (SSSR count). The average Bonchev–Trinajstić information content (AvgIpc) is 2.62. The number of rotatable bonds is 1. The molecule has 2 aromatic rings. The first-order valence-electron chi connectivity index (χ1n) is 3.83. The van der Waals surface area contributed by atoms with Gasteiger partial charge in [-0.2, -0.15) is 5.26 Å². The van der Waals surface area contributed by atoms with Crippen molar-refractivity contribution in [3.05, 3.63) is 33.1 Å². The summed E-state index contributed by atoms with van der Waals surface area (Å²) >= 11 is 4.74. The number of benzene rings is 1. The Balaban J connectivity index is 2.83. The molecular formula is C10H4BrNOS. The van der Waals surface area contributed by atoms with E-state index in [9.17, 15) is 4.79 Å². The number of nitriles is 1. The molecule has 0 aliphatic rings. The zero-order valence-electron chi connectivity index (χ0n) is 6.95. The molecule has 0 saturated heterocycles. The Labute approximate surface area is 92.9 Å². The molecule has 4 heteroatoms. The maximum Gasteiger partial charge on any atom is 0.151 e. The molecule has 0 unspecified atom stereocenters. The van der Waals surface area contributed by atoms with Gasteiger partial charge in [-0.15, -0.1) is 11.3 Å². The number of aldehydes is 1. The van der Waals surface area contributed by atoms with Crippen LogP contribution in [0.2, 0.25) is 0 Å². The molecule has 1 aromatic heterocycles. The minimum atomic E-state index is 0.615. The maximum absolute atomic E-state index is 10.7. The van der Waals surface area contributed by atoms with Crippen LogP contribution in [0.5, 0.6) is 0 Å². The van der Waals surface area contributed by atoms with Crippen molar-refractivity contribution in [2.75, 3.05) is 0 Å². The third kappa shape index (κ3) is 1.35. The molecule has 0 aliphatic carbocycles. The normalized spacial score (nSPS) is 10.0. The zero-order valence-corrected chi connectivity index (χ0v) is 9.35. The van der Waals surface area contributed by atoms with E-state index in [-0.39, 0.29) is 0 Å². The topological polar surface area (TPSA) is 40.9 Å². The molecule has 0 atom stereocenters. The Kier molecular flexibility index (Phi) is 2.36. The lowest BCUT2D eigenvalue weighted by atomic mass is 10.2. The standard InChI is InChI=1S/C10H4BrNOS/c11-9-7(5-13)2-1-6-3-8(4-12)14-10(6)9/h1-3,5H. The van der Waals surface area contributed by atoms with Crippen LogP contribution in [0, 0.1) is 11.3 Å². The number of carbonyl (C=O) groups is 1. The minimum Gasteiger partial charge on any atom is -0.298 e. The molecule has 0 radical (unpaired) electrons. The van der Waals surface area contributed by atoms with Crippen molar-refractivity contribution in [3.63, 3.8) is 0 Å². The fourth-order valence-corrected chi connectivity index (χ4v) is 2.83. The van der Waals surface area contributed by atoms with E-state index in [0.29, 0.717) is 10.4 Å². The fraction of sp³-hybridized carbons (Fsp3) is 0. The summed E-state index contributed by atoms with van der Waals surface area (Å²) in [5, 5.41) is 9.72. The van der Waals surface area contributed by atoms with Crippen molar-refractivity contribution in [1.29, 1.82) is 5.26 Å². The molecule has 0 bridgehead atoms. The van der Waals surface area contributed by atoms with Gasteiger partial charge in [0.25, 0.3) is 0 Å². The molecule has 0 spiro atoms. The number of fused-ring (bicyclic) bond motifs is 1. The highest BCUT2D eigenvalue weighted by Gasteiger charge is 2.07. The second-order valence-electron chi connectivity index (χ2n) is 2.73. The number of thiophene rings is 1. The SMILES string of the molecule is N#Cc1cc2ccc(C=O)c(Br)c2s1. The Hall–Kier alpha value is -1.18. The lowest BCUT2D eigenvalue weighted by Gasteiger charge is -1.96. The van der Waals surface area contributed by atoms with Crippen molar-refractivity contribution in [2.45, 2.75) is 0 Å². The van der Waals surface area contributed by atoms with E-state index in [2.05, 4.69) is 22.0 Å². The highest BCUT2D eigenvalue weighted by atomic mass is 79.9. The lowest BCUT2D eigenvalue weighted by Crippen LogP contribution is -1.80. The second-order valence-corrected chi connectivity index (χ2v) is 4.57. The molecule has 0 aliphatic heterocycles. The Bertz CT molecular complexity index is 553. The summed E-state index contributed by atoms with van der Waals surface area (Å²) in [5.41, 5.74) is 0.615. The van der Waals surface area contributed by atoms with Crippen LogP contribution >= 0.6 is 27.3 Å². The minimum absolute atomic E-state index is 0.615. The van der Waals surface area contributed by atoms with E-state index in [1.54, 1.807) is 6.07 Å². The molecule has 68 valence electrons. The summed E-state index contributed by atoms with van der Waals surface area (Å²) in [6.07, 6.45) is 0.801. The van der Waals surface area contributed by atoms with E-state index in [0.717, 1.165) is 20.8 Å². The van der Waals surface area contributed by atoms with E-state index < -0.39 is 0 Å². The molecule has 0 saturated carbocycles. The first-order valence-corrected chi connectivity index (χ1v) is 5.44. The van der Waals surface area contributed by atoms with Crippen molar-refractivity contribution in [2.24, 2.45) is 0 Å². The van der Waals surface area contributed by atoms with Gasteiger partial charge in [0.15, 0.2) is 6.29 Å². The Morgan fingerprint density at radius 2 is 2.29 bits per heavy atom. The molecule has 14 heavy (non-hydrogen) atoms. The largest absolute Gasteiger partial charge is 0.298 e. The van der Waals surface area contributed by atoms with Crippen LogP contribution in [0.3, 0.4) is 0 Å². The summed E-state index contributed by atoms with van der Waals surface area (Å²) in [4.78, 5) is 11.3. The zero-order chi connectivity index (χ0) is 10.1. The third-order valence-electron chi connectivity index (χ3n) is 1.89. The van der Waals surface area contributed by atoms with Crippen LogP contribution in [0.25, 0.3) is 10.1 Å². The van der Waals surface area contributed by atoms with Crippen molar-refractivity contribution < 1.29 is 4.79 Å². The molecule has 2 nitrogen and oxygen atoms in total. The number of hydrogen-bond acceptors (Lipinski definition) is 3. The average molecular weight is 266 g/mol. The highest BCUT2D eigenvalue weighted by molar-refractivity contribution is 9.10. The number of hydrogen-bond donors (Lipinski definition) is 0. The van der Waals surface area contributed by atoms with Gasteiger partial charge in [-0.25, -0.2) is 0 Å². The monoisotopic (exact) mass is 265 g/mol. The lowest BCUT2D eigenvalue weighted by molar-refractivity contribution is 0.112. The first kappa shape index (κ1) is 9.38. The Morgan fingerprint density at radius 3 is 2.93 bits per heavy atom. The van der Waals surface area contributed by atoms with Gasteiger partial charge in [0, 0.05) is 10.0 Å². The van der Waals surface area contributed by atoms with Crippen LogP contribution in [0.15, 0.2) is 22.7 Å². The maximum atomic E-state index is 10.7. The van der Waals surface area contributed by atoms with Gasteiger partial charge < -0.3 is 0 Å². The van der Waals surface area contributed by atoms with Gasteiger partial charge in [-0.3, -0.25) is 4.79 Å². The summed E-state index contributed by atoms with van der Waals surface area (Å²) in [7, 11) is 0. The summed E-state index contributed by atoms with van der Waals surface area (Å²) in [6, 6.07) is 7.50. The van der Waals surface area contributed by atoms with Gasteiger partial charge in [0.2, 0.25) is 0 Å². The van der Waals surface area contributed by atoms with E-state index in [1.807, 2.05) is 12.1 Å². The molecule has 0 N–H and O–H groups in total. The smallest absolute Gasteiger partial charge is 0.151 e. The van der Waals surface area contributed by atoms with Gasteiger partial charge >= 0.3 is 0 Å². The molecule has 0 fully saturated rings. The van der Waals surface area contributed by atoms with Gasteiger partial charge in [0.1, 0.15) is 10.9 Å². The summed E-state index contributed by atoms with van der Waals surface area (Å²) in [6.45, 7) is 0. The van der Waals surface area contributed by atoms with Gasteiger partial charge in [0.05, 0.1) is 4.70 Å². The summed E-state index contributed by atoms with van der Waals surface area (Å²) in [5.74, 6) is 0. The van der Waals surface area contributed by atoms with Crippen molar-refractivity contribution >= 4 is 43.6 Å². The predicted molar refractivity (Wildman–Crippen MR) is 59.6 cm³/mol. The van der Waals surface area contributed by atoms with Crippen LogP contribution in [0.4, 0.5) is 0 Å². The van der Waals surface area contributed by atoms with E-state index in [1.165, 1.54) is 11.3 Å². The Morgan fingerprint density at radius 1 is 1.50 bits per heavy atom. The first-order chi connectivity index (χ1) is 6.76. The van der Waals surface area contributed by atoms with Crippen molar-refractivity contribution in [1.82, 2.24) is 0 Å². The molecule has 1 aromatic carbocycles. The molecule has 0 amide bonds. The predicted octanol–water partition coefficient (Wildman–Crippen LogP) is 3.35. The summed E-state index contributed by atoms with van der Waals surface area (Å²) < 4.78 is 1.72. The van der Waals surface area contributed by atoms with Gasteiger partial charge in [-0.05, 0) is 33.4 Å². The second kappa shape index (κ2) is 3.52. The van der Waals surface area contributed by atoms with Crippen molar-refractivity contribution in [3.8, 4) is 6.07 Å². The quantitative estimate of drug-likeness (QED) is 0.742. The highest BCUT2D eigenvalue weighted by Crippen LogP contribution is 2.33.